The molecule has 0 saturated heterocycles. The summed E-state index contributed by atoms with van der Waals surface area (Å²) in [5.74, 6) is 0.994. The van der Waals surface area contributed by atoms with Gasteiger partial charge in [-0.15, -0.1) is 11.3 Å². The molecule has 1 aliphatic carbocycles. The lowest BCUT2D eigenvalue weighted by Gasteiger charge is -2.28. The summed E-state index contributed by atoms with van der Waals surface area (Å²) in [4.78, 5) is 0. The quantitative estimate of drug-likeness (QED) is 0.859. The summed E-state index contributed by atoms with van der Waals surface area (Å²) >= 11 is 5.28. The number of hydrogen-bond acceptors (Lipinski definition) is 2. The molecule has 1 aromatic heterocycles. The number of nitrogens with one attached hydrogen (secondary N) is 1. The third kappa shape index (κ3) is 3.57. The second-order valence-corrected chi connectivity index (χ2v) is 7.06. The highest BCUT2D eigenvalue weighted by Gasteiger charge is 2.19. The largest absolute Gasteiger partial charge is 0.310 e. The van der Waals surface area contributed by atoms with Crippen molar-refractivity contribution < 1.29 is 0 Å². The Labute approximate surface area is 111 Å². The monoisotopic (exact) mass is 301 g/mol. The highest BCUT2D eigenvalue weighted by Crippen LogP contribution is 2.27. The summed E-state index contributed by atoms with van der Waals surface area (Å²) in [6.07, 6.45) is 6.93. The summed E-state index contributed by atoms with van der Waals surface area (Å²) in [6.45, 7) is 3.35. The molecular weight excluding hydrogens is 282 g/mol. The Morgan fingerprint density at radius 2 is 2.12 bits per heavy atom. The zero-order valence-electron chi connectivity index (χ0n) is 9.84. The summed E-state index contributed by atoms with van der Waals surface area (Å²) in [7, 11) is 0. The molecule has 0 unspecified atom stereocenters. The van der Waals surface area contributed by atoms with Crippen LogP contribution in [0.15, 0.2) is 15.2 Å². The summed E-state index contributed by atoms with van der Waals surface area (Å²) in [6, 6.07) is 2.97. The van der Waals surface area contributed by atoms with Gasteiger partial charge in [0.05, 0.1) is 3.79 Å². The van der Waals surface area contributed by atoms with Gasteiger partial charge in [0, 0.05) is 12.6 Å². The molecule has 1 saturated carbocycles. The second kappa shape index (κ2) is 6.18. The van der Waals surface area contributed by atoms with Crippen molar-refractivity contribution in [3.63, 3.8) is 0 Å². The fourth-order valence-corrected chi connectivity index (χ4v) is 3.68. The minimum absolute atomic E-state index is 0.751. The number of thiophene rings is 1. The van der Waals surface area contributed by atoms with E-state index < -0.39 is 0 Å². The van der Waals surface area contributed by atoms with Crippen molar-refractivity contribution in [3.8, 4) is 0 Å². The maximum atomic E-state index is 3.68. The van der Waals surface area contributed by atoms with Crippen molar-refractivity contribution in [2.24, 2.45) is 5.92 Å². The predicted molar refractivity (Wildman–Crippen MR) is 74.9 cm³/mol. The maximum Gasteiger partial charge on any atom is 0.0701 e. The van der Waals surface area contributed by atoms with Crippen LogP contribution < -0.4 is 5.32 Å². The van der Waals surface area contributed by atoms with Crippen molar-refractivity contribution in [3.05, 3.63) is 20.8 Å². The molecule has 1 N–H and O–H groups in total. The predicted octanol–water partition coefficient (Wildman–Crippen LogP) is 4.57. The van der Waals surface area contributed by atoms with Gasteiger partial charge in [0.15, 0.2) is 0 Å². The first-order chi connectivity index (χ1) is 7.78. The zero-order chi connectivity index (χ0) is 11.4. The molecule has 1 aromatic rings. The van der Waals surface area contributed by atoms with Gasteiger partial charge in [-0.3, -0.25) is 0 Å². The van der Waals surface area contributed by atoms with Gasteiger partial charge in [-0.2, -0.15) is 0 Å². The smallest absolute Gasteiger partial charge is 0.0701 e. The summed E-state index contributed by atoms with van der Waals surface area (Å²) in [5, 5.41) is 5.91. The third-order valence-electron chi connectivity index (χ3n) is 3.64. The van der Waals surface area contributed by atoms with Gasteiger partial charge in [0.1, 0.15) is 0 Å². The van der Waals surface area contributed by atoms with Crippen molar-refractivity contribution in [2.45, 2.75) is 51.6 Å². The van der Waals surface area contributed by atoms with Crippen LogP contribution in [0.1, 0.15) is 44.6 Å². The zero-order valence-corrected chi connectivity index (χ0v) is 12.2. The Morgan fingerprint density at radius 1 is 1.38 bits per heavy atom. The molecule has 1 aliphatic rings. The fraction of sp³-hybridized carbons (Fsp3) is 0.692. The first-order valence-corrected chi connectivity index (χ1v) is 7.91. The molecule has 0 spiro atoms. The normalized spacial score (nSPS) is 25.9. The van der Waals surface area contributed by atoms with Crippen LogP contribution in [0.5, 0.6) is 0 Å². The van der Waals surface area contributed by atoms with E-state index in [1.54, 1.807) is 11.3 Å². The molecule has 1 fully saturated rings. The first-order valence-electron chi connectivity index (χ1n) is 6.24. The van der Waals surface area contributed by atoms with Gasteiger partial charge < -0.3 is 5.32 Å². The average molecular weight is 302 g/mol. The molecule has 3 heteroatoms. The van der Waals surface area contributed by atoms with Crippen molar-refractivity contribution in [2.75, 3.05) is 0 Å². The number of rotatable bonds is 4. The van der Waals surface area contributed by atoms with Crippen LogP contribution in [0.3, 0.4) is 0 Å². The van der Waals surface area contributed by atoms with Crippen LogP contribution in [0.4, 0.5) is 0 Å². The van der Waals surface area contributed by atoms with Gasteiger partial charge in [0.25, 0.3) is 0 Å². The molecule has 0 aromatic carbocycles. The lowest BCUT2D eigenvalue weighted by Crippen LogP contribution is -2.32. The van der Waals surface area contributed by atoms with E-state index in [2.05, 4.69) is 39.6 Å². The Bertz CT molecular complexity index is 315. The fourth-order valence-electron chi connectivity index (χ4n) is 2.48. The van der Waals surface area contributed by atoms with Crippen LogP contribution in [-0.4, -0.2) is 6.04 Å². The molecule has 1 heterocycles. The van der Waals surface area contributed by atoms with E-state index in [4.69, 9.17) is 0 Å². The van der Waals surface area contributed by atoms with Gasteiger partial charge in [-0.1, -0.05) is 13.3 Å². The number of hydrogen-bond donors (Lipinski definition) is 1. The van der Waals surface area contributed by atoms with E-state index in [9.17, 15) is 0 Å². The lowest BCUT2D eigenvalue weighted by molar-refractivity contribution is 0.285. The molecule has 0 aliphatic heterocycles. The van der Waals surface area contributed by atoms with E-state index in [1.807, 2.05) is 0 Å². The highest BCUT2D eigenvalue weighted by atomic mass is 79.9. The van der Waals surface area contributed by atoms with Crippen LogP contribution >= 0.6 is 27.3 Å². The average Bonchev–Trinajstić information content (AvgIpc) is 2.73. The van der Waals surface area contributed by atoms with E-state index >= 15 is 0 Å². The second-order valence-electron chi connectivity index (χ2n) is 4.77. The standard InChI is InChI=1S/C13H20BrNS/c1-2-10-3-5-12(6-4-10)15-8-11-7-13(14)16-9-11/h7,9-10,12,15H,2-6,8H2,1H3. The van der Waals surface area contributed by atoms with Crippen molar-refractivity contribution in [1.29, 1.82) is 0 Å². The first kappa shape index (κ1) is 12.6. The Kier molecular flexibility index (Phi) is 4.86. The SMILES string of the molecule is CCC1CCC(NCc2csc(Br)c2)CC1. The van der Waals surface area contributed by atoms with E-state index in [0.29, 0.717) is 0 Å². The summed E-state index contributed by atoms with van der Waals surface area (Å²) < 4.78 is 1.24. The van der Waals surface area contributed by atoms with Crippen LogP contribution in [-0.2, 0) is 6.54 Å². The minimum Gasteiger partial charge on any atom is -0.310 e. The maximum absolute atomic E-state index is 3.68. The molecule has 0 atom stereocenters. The van der Waals surface area contributed by atoms with Gasteiger partial charge in [0.2, 0.25) is 0 Å². The molecule has 0 amide bonds. The molecule has 0 radical (unpaired) electrons. The molecule has 1 nitrogen and oxygen atoms in total. The van der Waals surface area contributed by atoms with Crippen molar-refractivity contribution in [1.82, 2.24) is 5.32 Å². The molecule has 0 bridgehead atoms. The highest BCUT2D eigenvalue weighted by molar-refractivity contribution is 9.11. The van der Waals surface area contributed by atoms with E-state index in [-0.39, 0.29) is 0 Å². The van der Waals surface area contributed by atoms with Gasteiger partial charge >= 0.3 is 0 Å². The topological polar surface area (TPSA) is 12.0 Å². The van der Waals surface area contributed by atoms with Gasteiger partial charge in [-0.25, -0.2) is 0 Å². The number of halogens is 1. The van der Waals surface area contributed by atoms with Crippen LogP contribution in [0, 0.1) is 5.92 Å². The minimum atomic E-state index is 0.751. The summed E-state index contributed by atoms with van der Waals surface area (Å²) in [5.41, 5.74) is 1.41. The third-order valence-corrected chi connectivity index (χ3v) is 5.19. The molecule has 16 heavy (non-hydrogen) atoms. The molecule has 90 valence electrons. The molecular formula is C13H20BrNS. The Hall–Kier alpha value is 0.140. The van der Waals surface area contributed by atoms with E-state index in [1.165, 1.54) is 41.5 Å². The molecule has 2 rings (SSSR count). The van der Waals surface area contributed by atoms with Crippen LogP contribution in [0.25, 0.3) is 0 Å². The van der Waals surface area contributed by atoms with Crippen LogP contribution in [0.2, 0.25) is 0 Å². The lowest BCUT2D eigenvalue weighted by atomic mass is 9.84. The van der Waals surface area contributed by atoms with Crippen molar-refractivity contribution >= 4 is 27.3 Å². The van der Waals surface area contributed by atoms with E-state index in [0.717, 1.165) is 18.5 Å². The Morgan fingerprint density at radius 3 is 2.69 bits per heavy atom. The Balaban J connectivity index is 1.71. The van der Waals surface area contributed by atoms with Gasteiger partial charge in [-0.05, 0) is 64.5 Å².